The topological polar surface area (TPSA) is 65.3 Å². The van der Waals surface area contributed by atoms with E-state index < -0.39 is 11.5 Å². The molecular weight excluding hydrogens is 230 g/mol. The standard InChI is InChI=1S/C10H12ClN3O2/c1-2-10(5-9(15)16)6-14-8(12-10)4-3-7(11)13-14/h3-4H,2,5-6H2,1H3,(H,15,16). The summed E-state index contributed by atoms with van der Waals surface area (Å²) >= 11 is 5.78. The number of hydrazone groups is 1. The zero-order chi connectivity index (χ0) is 11.8. The average molecular weight is 242 g/mol. The molecular formula is C10H12ClN3O2. The molecule has 2 rings (SSSR count). The van der Waals surface area contributed by atoms with E-state index in [-0.39, 0.29) is 6.42 Å². The molecule has 0 aromatic rings. The van der Waals surface area contributed by atoms with Crippen LogP contribution in [0, 0.1) is 0 Å². The first-order chi connectivity index (χ1) is 7.54. The molecule has 1 N–H and O–H groups in total. The second-order valence-electron chi connectivity index (χ2n) is 3.93. The van der Waals surface area contributed by atoms with Crippen LogP contribution in [-0.2, 0) is 4.79 Å². The van der Waals surface area contributed by atoms with Gasteiger partial charge in [-0.2, -0.15) is 5.10 Å². The van der Waals surface area contributed by atoms with Gasteiger partial charge in [0.2, 0.25) is 0 Å². The number of rotatable bonds is 3. The molecule has 6 heteroatoms. The quantitative estimate of drug-likeness (QED) is 0.813. The Hall–Kier alpha value is -1.36. The Morgan fingerprint density at radius 3 is 3.06 bits per heavy atom. The predicted molar refractivity (Wildman–Crippen MR) is 61.8 cm³/mol. The van der Waals surface area contributed by atoms with Gasteiger partial charge >= 0.3 is 5.97 Å². The molecule has 0 saturated carbocycles. The maximum Gasteiger partial charge on any atom is 0.305 e. The number of hydrogen-bond donors (Lipinski definition) is 1. The summed E-state index contributed by atoms with van der Waals surface area (Å²) in [4.78, 5) is 15.3. The fraction of sp³-hybridized carbons (Fsp3) is 0.500. The zero-order valence-electron chi connectivity index (χ0n) is 8.85. The van der Waals surface area contributed by atoms with Crippen LogP contribution in [-0.4, -0.2) is 39.2 Å². The van der Waals surface area contributed by atoms with Crippen LogP contribution in [0.4, 0.5) is 0 Å². The van der Waals surface area contributed by atoms with Crippen molar-refractivity contribution in [1.29, 1.82) is 0 Å². The third kappa shape index (κ3) is 1.95. The lowest BCUT2D eigenvalue weighted by Crippen LogP contribution is -2.35. The van der Waals surface area contributed by atoms with Gasteiger partial charge in [0.1, 0.15) is 11.0 Å². The lowest BCUT2D eigenvalue weighted by atomic mass is 9.94. The van der Waals surface area contributed by atoms with Crippen molar-refractivity contribution in [3.05, 3.63) is 12.2 Å². The molecule has 16 heavy (non-hydrogen) atoms. The van der Waals surface area contributed by atoms with E-state index in [0.717, 1.165) is 0 Å². The van der Waals surface area contributed by atoms with Crippen LogP contribution in [0.5, 0.6) is 0 Å². The molecule has 5 nitrogen and oxygen atoms in total. The van der Waals surface area contributed by atoms with Gasteiger partial charge in [0, 0.05) is 0 Å². The van der Waals surface area contributed by atoms with Crippen molar-refractivity contribution in [1.82, 2.24) is 5.01 Å². The van der Waals surface area contributed by atoms with Crippen LogP contribution in [0.1, 0.15) is 19.8 Å². The summed E-state index contributed by atoms with van der Waals surface area (Å²) in [6, 6.07) is 0. The SMILES string of the molecule is CCC1(CC(=O)O)CN2N=C(Cl)C=CC2=N1. The first kappa shape index (κ1) is 11.1. The van der Waals surface area contributed by atoms with E-state index in [4.69, 9.17) is 16.7 Å². The molecule has 0 fully saturated rings. The van der Waals surface area contributed by atoms with E-state index in [9.17, 15) is 4.79 Å². The zero-order valence-corrected chi connectivity index (χ0v) is 9.61. The third-order valence-electron chi connectivity index (χ3n) is 2.78. The Balaban J connectivity index is 2.25. The fourth-order valence-electron chi connectivity index (χ4n) is 1.89. The molecule has 0 saturated heterocycles. The number of carbonyl (C=O) groups is 1. The van der Waals surface area contributed by atoms with E-state index in [1.807, 2.05) is 6.92 Å². The van der Waals surface area contributed by atoms with Crippen LogP contribution < -0.4 is 0 Å². The van der Waals surface area contributed by atoms with Crippen LogP contribution in [0.3, 0.4) is 0 Å². The van der Waals surface area contributed by atoms with Crippen molar-refractivity contribution >= 4 is 28.6 Å². The van der Waals surface area contributed by atoms with Gasteiger partial charge in [0.15, 0.2) is 0 Å². The highest BCUT2D eigenvalue weighted by Crippen LogP contribution is 2.30. The van der Waals surface area contributed by atoms with Crippen molar-refractivity contribution in [2.75, 3.05) is 6.54 Å². The van der Waals surface area contributed by atoms with Gasteiger partial charge in [0.05, 0.1) is 18.5 Å². The largest absolute Gasteiger partial charge is 0.481 e. The van der Waals surface area contributed by atoms with Crippen LogP contribution in [0.15, 0.2) is 22.2 Å². The van der Waals surface area contributed by atoms with Crippen molar-refractivity contribution in [2.45, 2.75) is 25.3 Å². The van der Waals surface area contributed by atoms with Gasteiger partial charge in [0.25, 0.3) is 0 Å². The minimum Gasteiger partial charge on any atom is -0.481 e. The van der Waals surface area contributed by atoms with Gasteiger partial charge < -0.3 is 5.11 Å². The Kier molecular flexibility index (Phi) is 2.71. The number of allylic oxidation sites excluding steroid dienone is 1. The second-order valence-corrected chi connectivity index (χ2v) is 4.32. The number of hydrogen-bond acceptors (Lipinski definition) is 4. The van der Waals surface area contributed by atoms with Gasteiger partial charge in [-0.1, -0.05) is 18.5 Å². The summed E-state index contributed by atoms with van der Waals surface area (Å²) in [6.45, 7) is 2.41. The highest BCUT2D eigenvalue weighted by Gasteiger charge is 2.40. The fourth-order valence-corrected chi connectivity index (χ4v) is 2.04. The van der Waals surface area contributed by atoms with Gasteiger partial charge in [-0.25, -0.2) is 5.01 Å². The Labute approximate surface area is 98.1 Å². The molecule has 1 atom stereocenters. The van der Waals surface area contributed by atoms with Gasteiger partial charge in [-0.05, 0) is 18.6 Å². The number of carboxylic acids is 1. The minimum absolute atomic E-state index is 0.0183. The summed E-state index contributed by atoms with van der Waals surface area (Å²) in [5, 5.41) is 15.0. The predicted octanol–water partition coefficient (Wildman–Crippen LogP) is 1.45. The van der Waals surface area contributed by atoms with Crippen molar-refractivity contribution in [2.24, 2.45) is 10.1 Å². The first-order valence-electron chi connectivity index (χ1n) is 5.06. The van der Waals surface area contributed by atoms with Gasteiger partial charge in [-0.15, -0.1) is 0 Å². The van der Waals surface area contributed by atoms with Crippen molar-refractivity contribution < 1.29 is 9.90 Å². The molecule has 86 valence electrons. The van der Waals surface area contributed by atoms with E-state index >= 15 is 0 Å². The average Bonchev–Trinajstić information content (AvgIpc) is 2.54. The molecule has 1 unspecified atom stereocenters. The Morgan fingerprint density at radius 2 is 2.44 bits per heavy atom. The molecule has 0 bridgehead atoms. The van der Waals surface area contributed by atoms with Crippen molar-refractivity contribution in [3.63, 3.8) is 0 Å². The molecule has 0 radical (unpaired) electrons. The summed E-state index contributed by atoms with van der Waals surface area (Å²) in [5.41, 5.74) is -0.573. The summed E-state index contributed by atoms with van der Waals surface area (Å²) in [5.74, 6) is -0.155. The number of halogens is 1. The first-order valence-corrected chi connectivity index (χ1v) is 5.44. The number of aliphatic imine (C=N–C) groups is 1. The Morgan fingerprint density at radius 1 is 1.69 bits per heavy atom. The van der Waals surface area contributed by atoms with Crippen LogP contribution >= 0.6 is 11.6 Å². The second kappa shape index (κ2) is 3.90. The lowest BCUT2D eigenvalue weighted by Gasteiger charge is -2.23. The summed E-state index contributed by atoms with van der Waals surface area (Å²) in [7, 11) is 0. The third-order valence-corrected chi connectivity index (χ3v) is 2.99. The number of amidine groups is 1. The van der Waals surface area contributed by atoms with E-state index in [1.54, 1.807) is 17.2 Å². The number of carboxylic acid groups (broad SMARTS) is 1. The minimum atomic E-state index is -0.842. The highest BCUT2D eigenvalue weighted by molar-refractivity contribution is 6.68. The molecule has 2 heterocycles. The highest BCUT2D eigenvalue weighted by atomic mass is 35.5. The monoisotopic (exact) mass is 241 g/mol. The number of aliphatic carboxylic acids is 1. The summed E-state index contributed by atoms with van der Waals surface area (Å²) < 4.78 is 0. The maximum atomic E-state index is 10.8. The maximum absolute atomic E-state index is 10.8. The lowest BCUT2D eigenvalue weighted by molar-refractivity contribution is -0.138. The van der Waals surface area contributed by atoms with Crippen LogP contribution in [0.2, 0.25) is 0 Å². The molecule has 0 aliphatic carbocycles. The van der Waals surface area contributed by atoms with E-state index in [0.29, 0.717) is 24.0 Å². The summed E-state index contributed by atoms with van der Waals surface area (Å²) in [6.07, 6.45) is 4.10. The molecule has 0 aromatic carbocycles. The smallest absolute Gasteiger partial charge is 0.305 e. The Bertz CT molecular complexity index is 416. The molecule has 0 amide bonds. The number of nitrogens with zero attached hydrogens (tertiary/aromatic N) is 3. The normalized spacial score (nSPS) is 27.5. The molecule has 0 aromatic heterocycles. The molecule has 2 aliphatic rings. The van der Waals surface area contributed by atoms with E-state index in [2.05, 4.69) is 10.1 Å². The molecule has 0 spiro atoms. The molecule has 2 aliphatic heterocycles. The van der Waals surface area contributed by atoms with Crippen LogP contribution in [0.25, 0.3) is 0 Å². The van der Waals surface area contributed by atoms with Gasteiger partial charge in [-0.3, -0.25) is 9.79 Å². The number of fused-ring (bicyclic) bond motifs is 1. The van der Waals surface area contributed by atoms with E-state index in [1.165, 1.54) is 0 Å². The van der Waals surface area contributed by atoms with Crippen molar-refractivity contribution in [3.8, 4) is 0 Å².